The number of carbonyl (C=O) groups is 2. The molecular formula is C31H27ClN2O4S. The van der Waals surface area contributed by atoms with Crippen molar-refractivity contribution in [1.82, 2.24) is 4.37 Å². The summed E-state index contributed by atoms with van der Waals surface area (Å²) in [6.07, 6.45) is 2.05. The van der Waals surface area contributed by atoms with E-state index in [4.69, 9.17) is 16.3 Å². The van der Waals surface area contributed by atoms with Crippen molar-refractivity contribution >= 4 is 40.9 Å². The van der Waals surface area contributed by atoms with Crippen molar-refractivity contribution < 1.29 is 19.4 Å². The third-order valence-corrected chi connectivity index (χ3v) is 9.19. The maximum absolute atomic E-state index is 12.8. The number of anilines is 1. The van der Waals surface area contributed by atoms with E-state index in [2.05, 4.69) is 40.0 Å². The van der Waals surface area contributed by atoms with Crippen molar-refractivity contribution in [3.05, 3.63) is 93.6 Å². The first-order chi connectivity index (χ1) is 18.8. The van der Waals surface area contributed by atoms with Crippen LogP contribution < -0.4 is 5.32 Å². The van der Waals surface area contributed by atoms with Crippen LogP contribution in [-0.4, -0.2) is 21.5 Å². The predicted octanol–water partition coefficient (Wildman–Crippen LogP) is 7.96. The van der Waals surface area contributed by atoms with Gasteiger partial charge in [-0.1, -0.05) is 60.1 Å². The number of aliphatic carboxylic acids is 1. The second-order valence-corrected chi connectivity index (χ2v) is 11.5. The monoisotopic (exact) mass is 558 g/mol. The summed E-state index contributed by atoms with van der Waals surface area (Å²) in [4.78, 5) is 25.5. The molecule has 0 bridgehead atoms. The molecule has 198 valence electrons. The molecule has 1 fully saturated rings. The van der Waals surface area contributed by atoms with Crippen molar-refractivity contribution in [3.8, 4) is 21.6 Å². The number of rotatable bonds is 6. The van der Waals surface area contributed by atoms with Crippen molar-refractivity contribution in [2.24, 2.45) is 0 Å². The number of nitrogens with one attached hydrogen (secondary N) is 1. The summed E-state index contributed by atoms with van der Waals surface area (Å²) in [5, 5.41) is 13.2. The molecular weight excluding hydrogens is 532 g/mol. The van der Waals surface area contributed by atoms with Crippen LogP contribution in [0, 0.1) is 6.92 Å². The highest BCUT2D eigenvalue weighted by Gasteiger charge is 2.51. The van der Waals surface area contributed by atoms with Crippen molar-refractivity contribution in [2.75, 3.05) is 5.32 Å². The average molecular weight is 559 g/mol. The summed E-state index contributed by atoms with van der Waals surface area (Å²) in [7, 11) is 0. The molecule has 6 rings (SSSR count). The van der Waals surface area contributed by atoms with Gasteiger partial charge in [-0.15, -0.1) is 0 Å². The minimum absolute atomic E-state index is 0.510. The third-order valence-electron chi connectivity index (χ3n) is 7.86. The molecule has 2 N–H and O–H groups in total. The molecule has 4 aromatic rings. The lowest BCUT2D eigenvalue weighted by atomic mass is 9.82. The van der Waals surface area contributed by atoms with E-state index in [9.17, 15) is 14.7 Å². The number of aryl methyl sites for hydroxylation is 3. The molecule has 0 aliphatic heterocycles. The van der Waals surface area contributed by atoms with Gasteiger partial charge in [0.25, 0.3) is 0 Å². The standard InChI is InChI=1S/C31H27ClN2O4S/c1-17-27(33-30(37)38-18(2)23-5-3-4-6-26(23)32)28(39-34-17)21-9-11-24-19(15-21)7-8-20-16-22(10-12-25(20)24)31(13-14-31)29(35)36/h3-6,9-12,15-16,18H,7-8,13-14H2,1-2H3,(H,33,37)(H,35,36). The molecule has 1 saturated carbocycles. The van der Waals surface area contributed by atoms with E-state index in [1.54, 1.807) is 13.0 Å². The van der Waals surface area contributed by atoms with E-state index in [0.717, 1.165) is 51.2 Å². The second-order valence-electron chi connectivity index (χ2n) is 10.3. The summed E-state index contributed by atoms with van der Waals surface area (Å²) in [6, 6.07) is 19.8. The van der Waals surface area contributed by atoms with Gasteiger partial charge >= 0.3 is 12.1 Å². The number of carbonyl (C=O) groups excluding carboxylic acids is 1. The Bertz CT molecular complexity index is 1620. The number of hydrogen-bond acceptors (Lipinski definition) is 5. The fraction of sp³-hybridized carbons (Fsp3) is 0.258. The van der Waals surface area contributed by atoms with Gasteiger partial charge in [0, 0.05) is 10.6 Å². The first-order valence-electron chi connectivity index (χ1n) is 13.0. The van der Waals surface area contributed by atoms with E-state index in [1.807, 2.05) is 31.2 Å². The highest BCUT2D eigenvalue weighted by Crippen LogP contribution is 2.50. The summed E-state index contributed by atoms with van der Waals surface area (Å²) in [5.41, 5.74) is 8.05. The van der Waals surface area contributed by atoms with Crippen LogP contribution in [0.15, 0.2) is 60.7 Å². The molecule has 3 aromatic carbocycles. The van der Waals surface area contributed by atoms with E-state index < -0.39 is 23.6 Å². The number of fused-ring (bicyclic) bond motifs is 3. The first-order valence-corrected chi connectivity index (χ1v) is 14.1. The van der Waals surface area contributed by atoms with Gasteiger partial charge in [-0.2, -0.15) is 4.37 Å². The van der Waals surface area contributed by atoms with Gasteiger partial charge in [0.05, 0.1) is 21.7 Å². The van der Waals surface area contributed by atoms with E-state index in [1.165, 1.54) is 22.7 Å². The van der Waals surface area contributed by atoms with Crippen LogP contribution in [0.3, 0.4) is 0 Å². The first kappa shape index (κ1) is 25.6. The second kappa shape index (κ2) is 9.81. The molecule has 6 nitrogen and oxygen atoms in total. The molecule has 0 saturated heterocycles. The Balaban J connectivity index is 1.24. The topological polar surface area (TPSA) is 88.5 Å². The maximum atomic E-state index is 12.8. The summed E-state index contributed by atoms with van der Waals surface area (Å²) < 4.78 is 10.1. The number of halogens is 1. The fourth-order valence-corrected chi connectivity index (χ4v) is 6.59. The Labute approximate surface area is 235 Å². The van der Waals surface area contributed by atoms with Gasteiger partial charge in [0.1, 0.15) is 6.10 Å². The van der Waals surface area contributed by atoms with E-state index in [-0.39, 0.29) is 0 Å². The number of amides is 1. The summed E-state index contributed by atoms with van der Waals surface area (Å²) in [6.45, 7) is 3.65. The molecule has 0 spiro atoms. The normalized spacial score (nSPS) is 15.6. The zero-order valence-corrected chi connectivity index (χ0v) is 23.2. The summed E-state index contributed by atoms with van der Waals surface area (Å²) in [5.74, 6) is -0.727. The van der Waals surface area contributed by atoms with Crippen molar-refractivity contribution in [3.63, 3.8) is 0 Å². The number of aromatic nitrogens is 1. The Hall–Kier alpha value is -3.68. The smallest absolute Gasteiger partial charge is 0.412 e. The SMILES string of the molecule is Cc1nsc(-c2ccc3c(c2)CCc2cc(C4(C(=O)O)CC4)ccc2-3)c1NC(=O)OC(C)c1ccccc1Cl. The molecule has 0 radical (unpaired) electrons. The van der Waals surface area contributed by atoms with Crippen LogP contribution in [0.4, 0.5) is 10.5 Å². The van der Waals surface area contributed by atoms with Gasteiger partial charge in [-0.05, 0) is 96.6 Å². The molecule has 1 amide bonds. The maximum Gasteiger partial charge on any atom is 0.412 e. The fourth-order valence-electron chi connectivity index (χ4n) is 5.46. The van der Waals surface area contributed by atoms with Crippen LogP contribution in [-0.2, 0) is 27.8 Å². The van der Waals surface area contributed by atoms with Crippen LogP contribution in [0.5, 0.6) is 0 Å². The molecule has 1 aromatic heterocycles. The Kier molecular flexibility index (Phi) is 6.44. The highest BCUT2D eigenvalue weighted by atomic mass is 35.5. The van der Waals surface area contributed by atoms with E-state index >= 15 is 0 Å². The van der Waals surface area contributed by atoms with Crippen molar-refractivity contribution in [1.29, 1.82) is 0 Å². The van der Waals surface area contributed by atoms with Gasteiger partial charge < -0.3 is 9.84 Å². The molecule has 8 heteroatoms. The van der Waals surface area contributed by atoms with Gasteiger partial charge in [-0.3, -0.25) is 10.1 Å². The number of benzene rings is 3. The average Bonchev–Trinajstić information content (AvgIpc) is 3.67. The Morgan fingerprint density at radius 3 is 2.44 bits per heavy atom. The number of carboxylic acid groups (broad SMARTS) is 1. The minimum atomic E-state index is -0.727. The lowest BCUT2D eigenvalue weighted by Gasteiger charge is -2.23. The number of hydrogen-bond donors (Lipinski definition) is 2. The zero-order valence-electron chi connectivity index (χ0n) is 21.6. The van der Waals surface area contributed by atoms with Crippen LogP contribution >= 0.6 is 23.1 Å². The lowest BCUT2D eigenvalue weighted by molar-refractivity contribution is -0.140. The molecule has 1 unspecified atom stereocenters. The molecule has 2 aliphatic carbocycles. The zero-order chi connectivity index (χ0) is 27.3. The van der Waals surface area contributed by atoms with Crippen molar-refractivity contribution in [2.45, 2.75) is 51.0 Å². The molecule has 2 aliphatic rings. The quantitative estimate of drug-likeness (QED) is 0.250. The van der Waals surface area contributed by atoms with Gasteiger partial charge in [-0.25, -0.2) is 4.79 Å². The molecule has 1 heterocycles. The largest absolute Gasteiger partial charge is 0.481 e. The Morgan fingerprint density at radius 2 is 1.74 bits per heavy atom. The summed E-state index contributed by atoms with van der Waals surface area (Å²) >= 11 is 7.61. The number of carboxylic acids is 1. The van der Waals surface area contributed by atoms with Crippen LogP contribution in [0.25, 0.3) is 21.6 Å². The Morgan fingerprint density at radius 1 is 1.05 bits per heavy atom. The number of ether oxygens (including phenoxy) is 1. The highest BCUT2D eigenvalue weighted by molar-refractivity contribution is 7.10. The minimum Gasteiger partial charge on any atom is -0.481 e. The van der Waals surface area contributed by atoms with Gasteiger partial charge in [0.2, 0.25) is 0 Å². The third kappa shape index (κ3) is 4.60. The predicted molar refractivity (Wildman–Crippen MR) is 154 cm³/mol. The van der Waals surface area contributed by atoms with Gasteiger partial charge in [0.15, 0.2) is 0 Å². The van der Waals surface area contributed by atoms with Crippen LogP contribution in [0.2, 0.25) is 5.02 Å². The molecule has 39 heavy (non-hydrogen) atoms. The lowest BCUT2D eigenvalue weighted by Crippen LogP contribution is -2.20. The van der Waals surface area contributed by atoms with E-state index in [0.29, 0.717) is 23.6 Å². The van der Waals surface area contributed by atoms with Crippen LogP contribution in [0.1, 0.15) is 53.8 Å². The number of nitrogens with zero attached hydrogens (tertiary/aromatic N) is 1. The molecule has 1 atom stereocenters.